The summed E-state index contributed by atoms with van der Waals surface area (Å²) in [4.78, 5) is 4.08. The van der Waals surface area contributed by atoms with Gasteiger partial charge in [0.2, 0.25) is 0 Å². The molecule has 0 fully saturated rings. The zero-order valence-corrected chi connectivity index (χ0v) is 6.83. The van der Waals surface area contributed by atoms with E-state index in [0.29, 0.717) is 0 Å². The Labute approximate surface area is 58.8 Å². The number of rotatable bonds is 3. The predicted molar refractivity (Wildman–Crippen MR) is 46.8 cm³/mol. The first-order valence-electron chi connectivity index (χ1n) is 2.82. The first kappa shape index (κ1) is 8.58. The first-order chi connectivity index (χ1) is 4.31. The van der Waals surface area contributed by atoms with E-state index in [2.05, 4.69) is 20.8 Å². The average molecular weight is 141 g/mol. The van der Waals surface area contributed by atoms with Crippen molar-refractivity contribution in [1.82, 2.24) is 0 Å². The zero-order chi connectivity index (χ0) is 7.11. The van der Waals surface area contributed by atoms with Gasteiger partial charge in [-0.25, -0.2) is 0 Å². The Kier molecular flexibility index (Phi) is 5.45. The zero-order valence-electron chi connectivity index (χ0n) is 5.67. The number of nitrogens with zero attached hydrogens (tertiary/aromatic N) is 1. The summed E-state index contributed by atoms with van der Waals surface area (Å²) < 4.78 is 0. The molecule has 0 rings (SSSR count). The summed E-state index contributed by atoms with van der Waals surface area (Å²) >= 11 is 0. The topological polar surface area (TPSA) is 12.4 Å². The third-order valence-corrected chi connectivity index (χ3v) is 0.993. The summed E-state index contributed by atoms with van der Waals surface area (Å²) in [5, 5.41) is 0. The van der Waals surface area contributed by atoms with E-state index >= 15 is 0 Å². The molecule has 0 aliphatic carbocycles. The highest BCUT2D eigenvalue weighted by Gasteiger charge is 1.80. The van der Waals surface area contributed by atoms with Crippen LogP contribution in [0.3, 0.4) is 0 Å². The molecular formula is C7H12NP. The molecule has 0 N–H and O–H groups in total. The van der Waals surface area contributed by atoms with E-state index < -0.39 is 0 Å². The Morgan fingerprint density at radius 2 is 2.44 bits per heavy atom. The van der Waals surface area contributed by atoms with E-state index in [1.165, 1.54) is 0 Å². The Balaban J connectivity index is 3.68. The summed E-state index contributed by atoms with van der Waals surface area (Å²) in [5.41, 5.74) is 1.09. The van der Waals surface area contributed by atoms with Crippen molar-refractivity contribution in [2.24, 2.45) is 4.99 Å². The first-order valence-corrected chi connectivity index (χ1v) is 3.49. The van der Waals surface area contributed by atoms with Crippen LogP contribution in [0.1, 0.15) is 13.3 Å². The summed E-state index contributed by atoms with van der Waals surface area (Å²) in [6, 6.07) is 0. The molecule has 0 aliphatic heterocycles. The molecule has 1 atom stereocenters. The molecule has 0 saturated carbocycles. The van der Waals surface area contributed by atoms with Gasteiger partial charge in [0.25, 0.3) is 0 Å². The van der Waals surface area contributed by atoms with Gasteiger partial charge in [-0.15, -0.1) is 15.8 Å². The third kappa shape index (κ3) is 5.45. The van der Waals surface area contributed by atoms with Gasteiger partial charge >= 0.3 is 0 Å². The normalized spacial score (nSPS) is 12.4. The molecule has 0 heterocycles. The molecule has 0 amide bonds. The van der Waals surface area contributed by atoms with Crippen LogP contribution in [0.4, 0.5) is 0 Å². The van der Waals surface area contributed by atoms with Crippen molar-refractivity contribution in [2.45, 2.75) is 13.3 Å². The fourth-order valence-corrected chi connectivity index (χ4v) is 0.518. The van der Waals surface area contributed by atoms with Gasteiger partial charge < -0.3 is 0 Å². The Bertz CT molecular complexity index is 136. The van der Waals surface area contributed by atoms with Gasteiger partial charge in [-0.3, -0.25) is 4.99 Å². The quantitative estimate of drug-likeness (QED) is 0.325. The molecule has 0 aliphatic rings. The Morgan fingerprint density at radius 1 is 1.78 bits per heavy atom. The maximum absolute atomic E-state index is 4.08. The van der Waals surface area contributed by atoms with Gasteiger partial charge in [0.15, 0.2) is 0 Å². The molecule has 0 radical (unpaired) electrons. The second kappa shape index (κ2) is 5.71. The van der Waals surface area contributed by atoms with E-state index in [1.807, 2.05) is 18.8 Å². The minimum absolute atomic E-state index is 0.870. The van der Waals surface area contributed by atoms with Gasteiger partial charge in [0.1, 0.15) is 0 Å². The fourth-order valence-electron chi connectivity index (χ4n) is 0.432. The summed E-state index contributed by atoms with van der Waals surface area (Å²) in [7, 11) is 2.47. The number of aliphatic imine (C=N–C) groups is 1. The van der Waals surface area contributed by atoms with Crippen molar-refractivity contribution < 1.29 is 0 Å². The summed E-state index contributed by atoms with van der Waals surface area (Å²) in [6.07, 6.45) is 4.47. The van der Waals surface area contributed by atoms with E-state index in [0.717, 1.165) is 12.1 Å². The van der Waals surface area contributed by atoms with Gasteiger partial charge in [-0.05, 0) is 12.7 Å². The van der Waals surface area contributed by atoms with Crippen LogP contribution < -0.4 is 0 Å². The molecule has 9 heavy (non-hydrogen) atoms. The molecule has 0 saturated heterocycles. The Hall–Kier alpha value is -0.420. The van der Waals surface area contributed by atoms with Crippen molar-refractivity contribution in [3.63, 3.8) is 0 Å². The summed E-state index contributed by atoms with van der Waals surface area (Å²) in [6.45, 7) is 5.58. The lowest BCUT2D eigenvalue weighted by Gasteiger charge is -1.87. The Morgan fingerprint density at radius 3 is 2.89 bits per heavy atom. The van der Waals surface area contributed by atoms with E-state index in [4.69, 9.17) is 0 Å². The molecule has 0 spiro atoms. The maximum atomic E-state index is 4.08. The SMILES string of the molecule is C=CCC(C)=N/C=C\P. The van der Waals surface area contributed by atoms with Crippen molar-refractivity contribution >= 4 is 15.0 Å². The van der Waals surface area contributed by atoms with Crippen LogP contribution in [0.25, 0.3) is 0 Å². The van der Waals surface area contributed by atoms with Crippen LogP contribution in [-0.2, 0) is 0 Å². The van der Waals surface area contributed by atoms with Crippen LogP contribution in [0.15, 0.2) is 29.7 Å². The molecule has 50 valence electrons. The molecular weight excluding hydrogens is 129 g/mol. The highest BCUT2D eigenvalue weighted by atomic mass is 31.0. The molecule has 2 heteroatoms. The van der Waals surface area contributed by atoms with Gasteiger partial charge in [0, 0.05) is 18.3 Å². The largest absolute Gasteiger partial charge is 0.266 e. The van der Waals surface area contributed by atoms with E-state index in [9.17, 15) is 0 Å². The minimum Gasteiger partial charge on any atom is -0.266 e. The molecule has 0 aromatic heterocycles. The van der Waals surface area contributed by atoms with Crippen LogP contribution in [-0.4, -0.2) is 5.71 Å². The van der Waals surface area contributed by atoms with Crippen molar-refractivity contribution in [2.75, 3.05) is 0 Å². The molecule has 0 aromatic rings. The second-order valence-electron chi connectivity index (χ2n) is 1.70. The number of allylic oxidation sites excluding steroid dienone is 1. The monoisotopic (exact) mass is 141 g/mol. The highest BCUT2D eigenvalue weighted by molar-refractivity contribution is 7.20. The van der Waals surface area contributed by atoms with Crippen LogP contribution in [0.2, 0.25) is 0 Å². The van der Waals surface area contributed by atoms with E-state index in [-0.39, 0.29) is 0 Å². The van der Waals surface area contributed by atoms with Gasteiger partial charge in [-0.2, -0.15) is 0 Å². The third-order valence-electron chi connectivity index (χ3n) is 0.821. The van der Waals surface area contributed by atoms with Crippen LogP contribution >= 0.6 is 9.24 Å². The predicted octanol–water partition coefficient (Wildman–Crippen LogP) is 2.37. The molecule has 0 aromatic carbocycles. The van der Waals surface area contributed by atoms with Crippen molar-refractivity contribution in [1.29, 1.82) is 0 Å². The second-order valence-corrected chi connectivity index (χ2v) is 2.08. The molecule has 1 unspecified atom stereocenters. The standard InChI is InChI=1S/C7H12NP/c1-3-4-7(2)8-5-6-9/h3,5-6H,1,4,9H2,2H3/b6-5-,8-7?. The maximum Gasteiger partial charge on any atom is 0.0266 e. The minimum atomic E-state index is 0.870. The van der Waals surface area contributed by atoms with Crippen LogP contribution in [0.5, 0.6) is 0 Å². The van der Waals surface area contributed by atoms with Crippen molar-refractivity contribution in [3.05, 3.63) is 24.7 Å². The lowest BCUT2D eigenvalue weighted by molar-refractivity contribution is 1.39. The lowest BCUT2D eigenvalue weighted by atomic mass is 10.3. The number of hydrogen-bond donors (Lipinski definition) is 0. The highest BCUT2D eigenvalue weighted by Crippen LogP contribution is 1.89. The van der Waals surface area contributed by atoms with E-state index in [1.54, 1.807) is 6.20 Å². The van der Waals surface area contributed by atoms with Gasteiger partial charge in [-0.1, -0.05) is 6.08 Å². The fraction of sp³-hybridized carbons (Fsp3) is 0.286. The molecule has 1 nitrogen and oxygen atoms in total. The lowest BCUT2D eigenvalue weighted by Crippen LogP contribution is -1.84. The average Bonchev–Trinajstić information content (AvgIpc) is 1.85. The number of hydrogen-bond acceptors (Lipinski definition) is 1. The van der Waals surface area contributed by atoms with Gasteiger partial charge in [0.05, 0.1) is 0 Å². The van der Waals surface area contributed by atoms with Crippen LogP contribution in [0, 0.1) is 0 Å². The van der Waals surface area contributed by atoms with Crippen molar-refractivity contribution in [3.8, 4) is 0 Å². The summed E-state index contributed by atoms with van der Waals surface area (Å²) in [5.74, 6) is 1.83. The molecule has 0 bridgehead atoms. The smallest absolute Gasteiger partial charge is 0.0266 e.